The van der Waals surface area contributed by atoms with E-state index in [2.05, 4.69) is 40.4 Å². The number of anilines is 1. The van der Waals surface area contributed by atoms with Gasteiger partial charge in [-0.25, -0.2) is 5.10 Å². The molecule has 1 aromatic heterocycles. The van der Waals surface area contributed by atoms with Crippen molar-refractivity contribution >= 4 is 18.2 Å². The average molecular weight is 240 g/mol. The summed E-state index contributed by atoms with van der Waals surface area (Å²) in [5.41, 5.74) is 0. The van der Waals surface area contributed by atoms with Gasteiger partial charge in [0.15, 0.2) is 4.77 Å². The lowest BCUT2D eigenvalue weighted by Gasteiger charge is -2.28. The molecule has 2 heterocycles. The third-order valence-corrected chi connectivity index (χ3v) is 3.85. The number of H-pyrrole nitrogens is 1. The molecule has 16 heavy (non-hydrogen) atoms. The van der Waals surface area contributed by atoms with Crippen LogP contribution in [-0.2, 0) is 6.54 Å². The SMILES string of the molecule is CCC1CCC(C)N1c1n[nH]c(=S)n1CC. The number of hydrogen-bond donors (Lipinski definition) is 1. The van der Waals surface area contributed by atoms with E-state index < -0.39 is 0 Å². The maximum atomic E-state index is 5.24. The summed E-state index contributed by atoms with van der Waals surface area (Å²) in [7, 11) is 0. The maximum absolute atomic E-state index is 5.24. The first kappa shape index (κ1) is 11.6. The Morgan fingerprint density at radius 1 is 1.44 bits per heavy atom. The van der Waals surface area contributed by atoms with Gasteiger partial charge in [-0.05, 0) is 45.3 Å². The molecule has 1 N–H and O–H groups in total. The number of aromatic amines is 1. The molecule has 0 radical (unpaired) electrons. The fourth-order valence-electron chi connectivity index (χ4n) is 2.62. The van der Waals surface area contributed by atoms with Crippen molar-refractivity contribution in [2.24, 2.45) is 0 Å². The van der Waals surface area contributed by atoms with Crippen LogP contribution in [0.25, 0.3) is 0 Å². The zero-order valence-corrected chi connectivity index (χ0v) is 11.0. The zero-order valence-electron chi connectivity index (χ0n) is 10.2. The molecular weight excluding hydrogens is 220 g/mol. The lowest BCUT2D eigenvalue weighted by molar-refractivity contribution is 0.590. The van der Waals surface area contributed by atoms with Gasteiger partial charge in [0.25, 0.3) is 0 Å². The van der Waals surface area contributed by atoms with Crippen LogP contribution in [0.1, 0.15) is 40.0 Å². The topological polar surface area (TPSA) is 36.9 Å². The summed E-state index contributed by atoms with van der Waals surface area (Å²) in [5, 5.41) is 7.29. The van der Waals surface area contributed by atoms with E-state index in [0.717, 1.165) is 17.3 Å². The fourth-order valence-corrected chi connectivity index (χ4v) is 2.88. The van der Waals surface area contributed by atoms with Gasteiger partial charge in [-0.2, -0.15) is 0 Å². The molecule has 1 fully saturated rings. The summed E-state index contributed by atoms with van der Waals surface area (Å²) >= 11 is 5.24. The molecule has 0 spiro atoms. The van der Waals surface area contributed by atoms with Gasteiger partial charge in [0.2, 0.25) is 5.95 Å². The van der Waals surface area contributed by atoms with Crippen molar-refractivity contribution in [1.82, 2.24) is 14.8 Å². The molecule has 4 nitrogen and oxygen atoms in total. The molecule has 1 saturated heterocycles. The lowest BCUT2D eigenvalue weighted by Crippen LogP contribution is -2.36. The van der Waals surface area contributed by atoms with Crippen molar-refractivity contribution in [2.45, 2.75) is 58.7 Å². The van der Waals surface area contributed by atoms with Crippen molar-refractivity contribution < 1.29 is 0 Å². The number of nitrogens with zero attached hydrogens (tertiary/aromatic N) is 3. The highest BCUT2D eigenvalue weighted by Gasteiger charge is 2.32. The summed E-state index contributed by atoms with van der Waals surface area (Å²) in [5.74, 6) is 1.02. The Morgan fingerprint density at radius 3 is 2.81 bits per heavy atom. The Labute approximate surface area is 102 Å². The first-order valence-electron chi connectivity index (χ1n) is 6.12. The number of hydrogen-bond acceptors (Lipinski definition) is 3. The Kier molecular flexibility index (Phi) is 3.33. The summed E-state index contributed by atoms with van der Waals surface area (Å²) in [4.78, 5) is 2.43. The minimum absolute atomic E-state index is 0.570. The molecule has 0 amide bonds. The Hall–Kier alpha value is -0.840. The van der Waals surface area contributed by atoms with E-state index in [-0.39, 0.29) is 0 Å². The van der Waals surface area contributed by atoms with Crippen molar-refractivity contribution in [3.63, 3.8) is 0 Å². The molecule has 1 aromatic rings. The number of aromatic nitrogens is 3. The van der Waals surface area contributed by atoms with Crippen LogP contribution in [0.15, 0.2) is 0 Å². The zero-order chi connectivity index (χ0) is 11.7. The second-order valence-corrected chi connectivity index (χ2v) is 4.86. The molecule has 0 aliphatic carbocycles. The smallest absolute Gasteiger partial charge is 0.226 e. The van der Waals surface area contributed by atoms with Crippen LogP contribution < -0.4 is 4.90 Å². The predicted molar refractivity (Wildman–Crippen MR) is 68.3 cm³/mol. The second kappa shape index (κ2) is 4.57. The van der Waals surface area contributed by atoms with E-state index in [1.807, 2.05) is 0 Å². The van der Waals surface area contributed by atoms with Gasteiger partial charge in [0.1, 0.15) is 0 Å². The Balaban J connectivity index is 2.38. The van der Waals surface area contributed by atoms with Gasteiger partial charge < -0.3 is 4.90 Å². The summed E-state index contributed by atoms with van der Waals surface area (Å²) in [6.45, 7) is 7.50. The molecule has 0 bridgehead atoms. The van der Waals surface area contributed by atoms with E-state index in [1.54, 1.807) is 0 Å². The van der Waals surface area contributed by atoms with Crippen LogP contribution in [0.3, 0.4) is 0 Å². The maximum Gasteiger partial charge on any atom is 0.226 e. The minimum atomic E-state index is 0.570. The van der Waals surface area contributed by atoms with E-state index in [9.17, 15) is 0 Å². The minimum Gasteiger partial charge on any atom is -0.335 e. The highest BCUT2D eigenvalue weighted by atomic mass is 32.1. The monoisotopic (exact) mass is 240 g/mol. The van der Waals surface area contributed by atoms with E-state index in [4.69, 9.17) is 12.2 Å². The largest absolute Gasteiger partial charge is 0.335 e. The number of nitrogens with one attached hydrogen (secondary N) is 1. The molecule has 2 atom stereocenters. The molecule has 90 valence electrons. The molecule has 2 unspecified atom stereocenters. The summed E-state index contributed by atoms with van der Waals surface area (Å²) < 4.78 is 2.81. The van der Waals surface area contributed by atoms with Gasteiger partial charge in [-0.3, -0.25) is 4.57 Å². The fraction of sp³-hybridized carbons (Fsp3) is 0.818. The normalized spacial score (nSPS) is 25.3. The first-order chi connectivity index (χ1) is 7.69. The molecule has 5 heteroatoms. The molecular formula is C11H20N4S. The van der Waals surface area contributed by atoms with Gasteiger partial charge in [-0.15, -0.1) is 5.10 Å². The molecule has 1 aliphatic heterocycles. The standard InChI is InChI=1S/C11H20N4S/c1-4-9-7-6-8(3)15(9)10-12-13-11(16)14(10)5-2/h8-9H,4-7H2,1-3H3,(H,13,16). The van der Waals surface area contributed by atoms with Gasteiger partial charge in [0.05, 0.1) is 0 Å². The van der Waals surface area contributed by atoms with Crippen molar-refractivity contribution in [2.75, 3.05) is 4.90 Å². The van der Waals surface area contributed by atoms with Crippen LogP contribution >= 0.6 is 12.2 Å². The molecule has 1 aliphatic rings. The quantitative estimate of drug-likeness (QED) is 0.825. The van der Waals surface area contributed by atoms with Crippen LogP contribution in [0.2, 0.25) is 0 Å². The third kappa shape index (κ3) is 1.77. The predicted octanol–water partition coefficient (Wildman–Crippen LogP) is 2.73. The summed E-state index contributed by atoms with van der Waals surface area (Å²) in [6, 6.07) is 1.19. The van der Waals surface area contributed by atoms with Crippen LogP contribution in [0.5, 0.6) is 0 Å². The summed E-state index contributed by atoms with van der Waals surface area (Å²) in [6.07, 6.45) is 3.69. The highest BCUT2D eigenvalue weighted by Crippen LogP contribution is 2.30. The van der Waals surface area contributed by atoms with Crippen molar-refractivity contribution in [3.8, 4) is 0 Å². The van der Waals surface area contributed by atoms with E-state index in [1.165, 1.54) is 19.3 Å². The third-order valence-electron chi connectivity index (χ3n) is 3.54. The van der Waals surface area contributed by atoms with E-state index in [0.29, 0.717) is 12.1 Å². The first-order valence-corrected chi connectivity index (χ1v) is 6.53. The molecule has 0 aromatic carbocycles. The van der Waals surface area contributed by atoms with Crippen LogP contribution in [-0.4, -0.2) is 26.8 Å². The van der Waals surface area contributed by atoms with Crippen LogP contribution in [0.4, 0.5) is 5.95 Å². The molecule has 2 rings (SSSR count). The second-order valence-electron chi connectivity index (χ2n) is 4.47. The highest BCUT2D eigenvalue weighted by molar-refractivity contribution is 7.71. The van der Waals surface area contributed by atoms with Crippen LogP contribution in [0, 0.1) is 4.77 Å². The van der Waals surface area contributed by atoms with Crippen molar-refractivity contribution in [1.29, 1.82) is 0 Å². The Morgan fingerprint density at radius 2 is 2.19 bits per heavy atom. The lowest BCUT2D eigenvalue weighted by atomic mass is 10.2. The van der Waals surface area contributed by atoms with Gasteiger partial charge >= 0.3 is 0 Å². The number of rotatable bonds is 3. The molecule has 0 saturated carbocycles. The Bertz CT molecular complexity index is 408. The average Bonchev–Trinajstić information content (AvgIpc) is 2.81. The van der Waals surface area contributed by atoms with Gasteiger partial charge in [0, 0.05) is 18.6 Å². The van der Waals surface area contributed by atoms with E-state index >= 15 is 0 Å². The van der Waals surface area contributed by atoms with Crippen molar-refractivity contribution in [3.05, 3.63) is 4.77 Å². The van der Waals surface area contributed by atoms with Gasteiger partial charge in [-0.1, -0.05) is 6.92 Å².